The van der Waals surface area contributed by atoms with Crippen LogP contribution in [-0.4, -0.2) is 36.3 Å². The molecule has 0 atom stereocenters. The summed E-state index contributed by atoms with van der Waals surface area (Å²) in [7, 11) is 0. The zero-order valence-electron chi connectivity index (χ0n) is 17.4. The van der Waals surface area contributed by atoms with E-state index in [1.54, 1.807) is 0 Å². The first-order valence-corrected chi connectivity index (χ1v) is 9.52. The summed E-state index contributed by atoms with van der Waals surface area (Å²) in [6.07, 6.45) is 2.88. The van der Waals surface area contributed by atoms with E-state index in [1.165, 1.54) is 0 Å². The lowest BCUT2D eigenvalue weighted by Crippen LogP contribution is -2.20. The van der Waals surface area contributed by atoms with Gasteiger partial charge in [-0.25, -0.2) is 0 Å². The van der Waals surface area contributed by atoms with Crippen molar-refractivity contribution in [1.29, 1.82) is 0 Å². The molecule has 0 saturated heterocycles. The highest BCUT2D eigenvalue weighted by Crippen LogP contribution is 2.19. The van der Waals surface area contributed by atoms with E-state index in [-0.39, 0.29) is 53.6 Å². The molecule has 5 heteroatoms. The Kier molecular flexibility index (Phi) is 10.8. The lowest BCUT2D eigenvalue weighted by atomic mass is 9.88. The highest BCUT2D eigenvalue weighted by atomic mass is 16.5. The highest BCUT2D eigenvalue weighted by molar-refractivity contribution is 5.85. The van der Waals surface area contributed by atoms with Gasteiger partial charge in [0, 0.05) is 42.9 Å². The van der Waals surface area contributed by atoms with Gasteiger partial charge in [0.25, 0.3) is 0 Å². The minimum atomic E-state index is -0.364. The van der Waals surface area contributed by atoms with E-state index in [9.17, 15) is 19.2 Å². The van der Waals surface area contributed by atoms with Crippen LogP contribution in [0.5, 0.6) is 0 Å². The van der Waals surface area contributed by atoms with Crippen LogP contribution in [0, 0.1) is 10.8 Å². The van der Waals surface area contributed by atoms with E-state index >= 15 is 0 Å². The number of carbonyl (C=O) groups is 4. The van der Waals surface area contributed by atoms with Gasteiger partial charge < -0.3 is 4.74 Å². The quantitative estimate of drug-likeness (QED) is 0.457. The van der Waals surface area contributed by atoms with E-state index in [0.717, 1.165) is 0 Å². The Morgan fingerprint density at radius 2 is 1.04 bits per heavy atom. The maximum Gasteiger partial charge on any atom is 0.158 e. The van der Waals surface area contributed by atoms with Gasteiger partial charge in [-0.3, -0.25) is 19.2 Å². The average Bonchev–Trinajstić information content (AvgIpc) is 2.49. The monoisotopic (exact) mass is 368 g/mol. The Bertz CT molecular complexity index is 446. The second-order valence-corrected chi connectivity index (χ2v) is 8.93. The number of carbonyl (C=O) groups excluding carboxylic acids is 4. The van der Waals surface area contributed by atoms with Gasteiger partial charge >= 0.3 is 0 Å². The maximum absolute atomic E-state index is 11.8. The van der Waals surface area contributed by atoms with Crippen molar-refractivity contribution in [1.82, 2.24) is 0 Å². The summed E-state index contributed by atoms with van der Waals surface area (Å²) in [5.74, 6) is 0.323. The number of ketones is 4. The third-order valence-corrected chi connectivity index (χ3v) is 4.18. The van der Waals surface area contributed by atoms with E-state index in [4.69, 9.17) is 4.74 Å². The highest BCUT2D eigenvalue weighted by Gasteiger charge is 2.21. The van der Waals surface area contributed by atoms with Gasteiger partial charge in [-0.2, -0.15) is 0 Å². The summed E-state index contributed by atoms with van der Waals surface area (Å²) < 4.78 is 5.25. The molecule has 0 spiro atoms. The molecule has 0 saturated carbocycles. The van der Waals surface area contributed by atoms with Crippen LogP contribution in [0.3, 0.4) is 0 Å². The van der Waals surface area contributed by atoms with Crippen molar-refractivity contribution in [3.05, 3.63) is 0 Å². The van der Waals surface area contributed by atoms with Gasteiger partial charge in [-0.1, -0.05) is 41.5 Å². The number of rotatable bonds is 13. The topological polar surface area (TPSA) is 77.5 Å². The van der Waals surface area contributed by atoms with Crippen molar-refractivity contribution in [2.45, 2.75) is 86.5 Å². The molecule has 0 bridgehead atoms. The van der Waals surface area contributed by atoms with Crippen LogP contribution >= 0.6 is 0 Å². The summed E-state index contributed by atoms with van der Waals surface area (Å²) in [4.78, 5) is 47.0. The van der Waals surface area contributed by atoms with Crippen LogP contribution in [0.1, 0.15) is 86.5 Å². The lowest BCUT2D eigenvalue weighted by molar-refractivity contribution is -0.128. The minimum absolute atomic E-state index is 0.0144. The second kappa shape index (κ2) is 11.4. The first-order chi connectivity index (χ1) is 11.8. The second-order valence-electron chi connectivity index (χ2n) is 8.93. The minimum Gasteiger partial charge on any atom is -0.373 e. The van der Waals surface area contributed by atoms with Crippen molar-refractivity contribution < 1.29 is 23.9 Å². The van der Waals surface area contributed by atoms with Crippen molar-refractivity contribution in [3.63, 3.8) is 0 Å². The molecule has 5 nitrogen and oxygen atoms in total. The Morgan fingerprint density at radius 3 is 1.46 bits per heavy atom. The molecule has 0 rings (SSSR count). The normalized spacial score (nSPS) is 12.1. The molecule has 0 aliphatic carbocycles. The standard InChI is InChI=1S/C21H36O5/c1-20(2,3)18(24)11-7-9-16(22)13-14-26-15-17(23)10-8-12-19(25)21(4,5)6/h7-15H2,1-6H3. The molecule has 0 fully saturated rings. The van der Waals surface area contributed by atoms with Crippen molar-refractivity contribution in [2.24, 2.45) is 10.8 Å². The lowest BCUT2D eigenvalue weighted by Gasteiger charge is -2.16. The summed E-state index contributed by atoms with van der Waals surface area (Å²) in [6.45, 7) is 11.4. The van der Waals surface area contributed by atoms with Gasteiger partial charge in [0.05, 0.1) is 6.61 Å². The van der Waals surface area contributed by atoms with Gasteiger partial charge in [-0.05, 0) is 12.8 Å². The fourth-order valence-corrected chi connectivity index (χ4v) is 2.21. The SMILES string of the molecule is CC(C)(C)C(=O)CCCC(=O)CCOCC(=O)CCCC(=O)C(C)(C)C. The molecule has 0 aromatic rings. The molecule has 0 N–H and O–H groups in total. The number of Topliss-reactive ketones (excluding diaryl/α,β-unsaturated/α-hetero) is 4. The fraction of sp³-hybridized carbons (Fsp3) is 0.810. The van der Waals surface area contributed by atoms with Crippen LogP contribution in [-0.2, 0) is 23.9 Å². The summed E-state index contributed by atoms with van der Waals surface area (Å²) in [5, 5.41) is 0. The van der Waals surface area contributed by atoms with E-state index in [1.807, 2.05) is 41.5 Å². The van der Waals surface area contributed by atoms with Crippen molar-refractivity contribution >= 4 is 23.1 Å². The Balaban J connectivity index is 3.73. The maximum atomic E-state index is 11.8. The molecular weight excluding hydrogens is 332 g/mol. The third-order valence-electron chi connectivity index (χ3n) is 4.18. The van der Waals surface area contributed by atoms with Crippen molar-refractivity contribution in [2.75, 3.05) is 13.2 Å². The van der Waals surface area contributed by atoms with E-state index < -0.39 is 0 Å². The molecule has 26 heavy (non-hydrogen) atoms. The predicted molar refractivity (Wildman–Crippen MR) is 102 cm³/mol. The molecule has 0 aromatic heterocycles. The largest absolute Gasteiger partial charge is 0.373 e. The Morgan fingerprint density at radius 1 is 0.615 bits per heavy atom. The summed E-state index contributed by atoms with van der Waals surface area (Å²) in [5.41, 5.74) is -0.721. The third kappa shape index (κ3) is 12.1. The van der Waals surface area contributed by atoms with Gasteiger partial charge in [0.15, 0.2) is 5.78 Å². The van der Waals surface area contributed by atoms with Gasteiger partial charge in [-0.15, -0.1) is 0 Å². The first kappa shape index (κ1) is 24.6. The van der Waals surface area contributed by atoms with Crippen LogP contribution in [0.15, 0.2) is 0 Å². The van der Waals surface area contributed by atoms with Crippen molar-refractivity contribution in [3.8, 4) is 0 Å². The Labute approximate surface area is 158 Å². The van der Waals surface area contributed by atoms with Gasteiger partial charge in [0.2, 0.25) is 0 Å². The molecule has 0 aliphatic rings. The molecule has 0 amide bonds. The predicted octanol–water partition coefficient (Wildman–Crippen LogP) is 4.10. The Hall–Kier alpha value is -1.36. The smallest absolute Gasteiger partial charge is 0.158 e. The molecule has 150 valence electrons. The zero-order chi connectivity index (χ0) is 20.4. The van der Waals surface area contributed by atoms with E-state index in [2.05, 4.69) is 0 Å². The first-order valence-electron chi connectivity index (χ1n) is 9.52. The fourth-order valence-electron chi connectivity index (χ4n) is 2.21. The van der Waals surface area contributed by atoms with Crippen LogP contribution in [0.2, 0.25) is 0 Å². The number of ether oxygens (including phenoxy) is 1. The van der Waals surface area contributed by atoms with Crippen LogP contribution < -0.4 is 0 Å². The van der Waals surface area contributed by atoms with E-state index in [0.29, 0.717) is 38.5 Å². The molecule has 0 heterocycles. The average molecular weight is 369 g/mol. The van der Waals surface area contributed by atoms with Gasteiger partial charge in [0.1, 0.15) is 24.0 Å². The van der Waals surface area contributed by atoms with Crippen LogP contribution in [0.25, 0.3) is 0 Å². The molecular formula is C21H36O5. The summed E-state index contributed by atoms with van der Waals surface area (Å²) >= 11 is 0. The summed E-state index contributed by atoms with van der Waals surface area (Å²) in [6, 6.07) is 0. The number of hydrogen-bond donors (Lipinski definition) is 0. The number of hydrogen-bond acceptors (Lipinski definition) is 5. The molecule has 0 unspecified atom stereocenters. The van der Waals surface area contributed by atoms with Crippen LogP contribution in [0.4, 0.5) is 0 Å². The molecule has 0 radical (unpaired) electrons. The zero-order valence-corrected chi connectivity index (χ0v) is 17.4. The molecule has 0 aliphatic heterocycles. The molecule has 0 aromatic carbocycles.